The third-order valence-electron chi connectivity index (χ3n) is 7.24. The lowest BCUT2D eigenvalue weighted by molar-refractivity contribution is 0.159. The summed E-state index contributed by atoms with van der Waals surface area (Å²) in [6.07, 6.45) is 1.31. The van der Waals surface area contributed by atoms with Crippen LogP contribution < -0.4 is 21.9 Å². The zero-order valence-corrected chi connectivity index (χ0v) is 26.8. The van der Waals surface area contributed by atoms with Crippen molar-refractivity contribution in [2.75, 3.05) is 39.2 Å². The summed E-state index contributed by atoms with van der Waals surface area (Å²) in [5, 5.41) is 5.94. The molecule has 0 aliphatic heterocycles. The highest BCUT2D eigenvalue weighted by atomic mass is 35.5. The van der Waals surface area contributed by atoms with Crippen LogP contribution in [0, 0.1) is 11.6 Å². The fraction of sp³-hybridized carbons (Fsp3) is 0.250. The molecule has 14 heteroatoms. The minimum atomic E-state index is -0.825. The van der Waals surface area contributed by atoms with Gasteiger partial charge in [-0.15, -0.1) is 11.3 Å². The summed E-state index contributed by atoms with van der Waals surface area (Å²) in [4.78, 5) is 47.5. The second kappa shape index (κ2) is 14.3. The maximum Gasteiger partial charge on any atom is 0.338 e. The molecule has 0 aliphatic rings. The van der Waals surface area contributed by atoms with E-state index in [2.05, 4.69) is 15.6 Å². The Labute approximate surface area is 271 Å². The highest BCUT2D eigenvalue weighted by Gasteiger charge is 2.26. The number of carbonyl (C=O) groups excluding carboxylic acids is 1. The molecule has 10 nitrogen and oxygen atoms in total. The Hall–Kier alpha value is -4.43. The van der Waals surface area contributed by atoms with Crippen molar-refractivity contribution in [3.05, 3.63) is 109 Å². The number of nitrogens with one attached hydrogen (secondary N) is 2. The van der Waals surface area contributed by atoms with E-state index in [0.717, 1.165) is 16.7 Å². The molecule has 2 N–H and O–H groups in total. The lowest BCUT2D eigenvalue weighted by Crippen LogP contribution is -2.39. The molecule has 0 bridgehead atoms. The van der Waals surface area contributed by atoms with Crippen LogP contribution in [0.15, 0.2) is 70.4 Å². The highest BCUT2D eigenvalue weighted by molar-refractivity contribution is 7.22. The molecule has 0 spiro atoms. The quantitative estimate of drug-likeness (QED) is 0.193. The minimum absolute atomic E-state index is 0.0104. The van der Waals surface area contributed by atoms with Gasteiger partial charge in [-0.25, -0.2) is 27.9 Å². The van der Waals surface area contributed by atoms with Crippen LogP contribution in [0.3, 0.4) is 0 Å². The number of carbonyl (C=O) groups is 1. The first-order chi connectivity index (χ1) is 22.1. The Kier molecular flexibility index (Phi) is 10.3. The van der Waals surface area contributed by atoms with Gasteiger partial charge >= 0.3 is 11.7 Å². The summed E-state index contributed by atoms with van der Waals surface area (Å²) >= 11 is 7.21. The summed E-state index contributed by atoms with van der Waals surface area (Å²) in [5.74, 6) is -1.64. The first-order valence-corrected chi connectivity index (χ1v) is 15.5. The smallest absolute Gasteiger partial charge is 0.338 e. The molecule has 2 aromatic carbocycles. The Bertz CT molecular complexity index is 1970. The zero-order valence-electron chi connectivity index (χ0n) is 25.3. The Balaban J connectivity index is 1.79. The van der Waals surface area contributed by atoms with E-state index in [1.54, 1.807) is 31.4 Å². The van der Waals surface area contributed by atoms with Crippen molar-refractivity contribution in [2.45, 2.75) is 20.0 Å². The molecule has 0 fully saturated rings. The molecule has 5 rings (SSSR count). The first-order valence-electron chi connectivity index (χ1n) is 14.3. The molecule has 0 saturated carbocycles. The molecule has 0 unspecified atom stereocenters. The minimum Gasteiger partial charge on any atom is -0.383 e. The summed E-state index contributed by atoms with van der Waals surface area (Å²) in [6.45, 7) is 3.06. The molecule has 0 atom stereocenters. The number of aromatic nitrogens is 3. The maximum atomic E-state index is 14.9. The number of nitrogens with zero attached hydrogens (tertiary/aromatic N) is 4. The number of anilines is 1. The molecule has 240 valence electrons. The van der Waals surface area contributed by atoms with Crippen LogP contribution in [-0.4, -0.2) is 58.9 Å². The molecule has 2 amide bonds. The number of thiophene rings is 1. The third kappa shape index (κ3) is 6.87. The first kappa shape index (κ1) is 32.9. The van der Waals surface area contributed by atoms with Gasteiger partial charge in [0, 0.05) is 49.1 Å². The lowest BCUT2D eigenvalue weighted by atomic mass is 10.1. The number of pyridine rings is 1. The second-order valence-electron chi connectivity index (χ2n) is 10.4. The van der Waals surface area contributed by atoms with E-state index in [1.807, 2.05) is 18.9 Å². The largest absolute Gasteiger partial charge is 0.383 e. The van der Waals surface area contributed by atoms with Crippen molar-refractivity contribution >= 4 is 44.9 Å². The molecule has 0 saturated heterocycles. The average Bonchev–Trinajstić information content (AvgIpc) is 3.39. The van der Waals surface area contributed by atoms with Gasteiger partial charge in [0.15, 0.2) is 0 Å². The fourth-order valence-electron chi connectivity index (χ4n) is 4.97. The van der Waals surface area contributed by atoms with Crippen LogP contribution in [0.2, 0.25) is 5.02 Å². The zero-order chi connectivity index (χ0) is 33.0. The molecular formula is C32H31ClF2N6O4S. The normalized spacial score (nSPS) is 11.4. The highest BCUT2D eigenvalue weighted by Crippen LogP contribution is 2.38. The Morgan fingerprint density at radius 2 is 1.78 bits per heavy atom. The molecule has 0 radical (unpaired) electrons. The van der Waals surface area contributed by atoms with Gasteiger partial charge in [-0.2, -0.15) is 0 Å². The molecule has 3 heterocycles. The van der Waals surface area contributed by atoms with Crippen molar-refractivity contribution in [1.29, 1.82) is 0 Å². The lowest BCUT2D eigenvalue weighted by Gasteiger charge is -2.17. The van der Waals surface area contributed by atoms with E-state index in [1.165, 1.54) is 40.3 Å². The Morgan fingerprint density at radius 1 is 1.07 bits per heavy atom. The van der Waals surface area contributed by atoms with Gasteiger partial charge in [0.2, 0.25) is 0 Å². The van der Waals surface area contributed by atoms with Gasteiger partial charge in [0.1, 0.15) is 22.3 Å². The number of amides is 2. The number of benzene rings is 2. The monoisotopic (exact) mass is 668 g/mol. The number of fused-ring (bicyclic) bond motifs is 1. The third-order valence-corrected chi connectivity index (χ3v) is 8.77. The molecule has 3 aromatic heterocycles. The number of methoxy groups -OCH3 is 1. The number of hydrogen-bond donors (Lipinski definition) is 2. The van der Waals surface area contributed by atoms with Crippen molar-refractivity contribution < 1.29 is 18.3 Å². The van der Waals surface area contributed by atoms with Crippen LogP contribution in [0.25, 0.3) is 26.5 Å². The van der Waals surface area contributed by atoms with Gasteiger partial charge in [-0.3, -0.25) is 14.3 Å². The second-order valence-corrected chi connectivity index (χ2v) is 11.9. The predicted octanol–water partition coefficient (Wildman–Crippen LogP) is 5.48. The number of urea groups is 1. The summed E-state index contributed by atoms with van der Waals surface area (Å²) in [6, 6.07) is 13.1. The van der Waals surface area contributed by atoms with Crippen LogP contribution in [0.5, 0.6) is 0 Å². The predicted molar refractivity (Wildman–Crippen MR) is 176 cm³/mol. The number of likely N-dealkylation sites (N-methyl/N-ethyl adjacent to an activating group) is 1. The molecular weight excluding hydrogens is 638 g/mol. The van der Waals surface area contributed by atoms with E-state index < -0.39 is 29.4 Å². The van der Waals surface area contributed by atoms with Crippen molar-refractivity contribution in [3.63, 3.8) is 0 Å². The van der Waals surface area contributed by atoms with Gasteiger partial charge in [0.25, 0.3) is 5.56 Å². The number of rotatable bonds is 11. The van der Waals surface area contributed by atoms with Gasteiger partial charge in [0.05, 0.1) is 23.6 Å². The Morgan fingerprint density at radius 3 is 2.41 bits per heavy atom. The number of ether oxygens (including phenoxy) is 1. The standard InChI is InChI=1S/C32H31ClF2N6O4S/c1-4-36-31(43)38-21-11-8-19(9-12-21)28-23(17-39(2)14-15-45-3)27-29(42)41(26-13-10-20(33)16-37-26)32(44)40(30(27)46-28)18-22-24(34)6-5-7-25(22)35/h5-13,16H,4,14-15,17-18H2,1-3H3,(H2,36,38,43). The summed E-state index contributed by atoms with van der Waals surface area (Å²) in [7, 11) is 3.46. The van der Waals surface area contributed by atoms with Crippen molar-refractivity contribution in [2.24, 2.45) is 0 Å². The number of hydrogen-bond acceptors (Lipinski definition) is 7. The molecule has 0 aliphatic carbocycles. The van der Waals surface area contributed by atoms with Crippen LogP contribution in [0.1, 0.15) is 18.1 Å². The van der Waals surface area contributed by atoms with Gasteiger partial charge < -0.3 is 15.4 Å². The van der Waals surface area contributed by atoms with Gasteiger partial charge in [-0.1, -0.05) is 29.8 Å². The van der Waals surface area contributed by atoms with E-state index in [0.29, 0.717) is 46.4 Å². The van der Waals surface area contributed by atoms with Crippen LogP contribution in [0.4, 0.5) is 19.3 Å². The molecule has 5 aromatic rings. The maximum absolute atomic E-state index is 14.9. The van der Waals surface area contributed by atoms with Crippen molar-refractivity contribution in [1.82, 2.24) is 24.3 Å². The van der Waals surface area contributed by atoms with E-state index in [-0.39, 0.29) is 34.2 Å². The topological polar surface area (TPSA) is 110 Å². The van der Waals surface area contributed by atoms with Gasteiger partial charge in [-0.05, 0) is 61.5 Å². The molecule has 46 heavy (non-hydrogen) atoms. The van der Waals surface area contributed by atoms with Crippen molar-refractivity contribution in [3.8, 4) is 16.3 Å². The van der Waals surface area contributed by atoms with Crippen LogP contribution >= 0.6 is 22.9 Å². The van der Waals surface area contributed by atoms with E-state index >= 15 is 0 Å². The van der Waals surface area contributed by atoms with E-state index in [4.69, 9.17) is 16.3 Å². The SMILES string of the molecule is CCNC(=O)Nc1ccc(-c2sc3c(c2CN(C)CCOC)c(=O)n(-c2ccc(Cl)cn2)c(=O)n3Cc2c(F)cccc2F)cc1. The summed E-state index contributed by atoms with van der Waals surface area (Å²) < 4.78 is 37.2. The fourth-order valence-corrected chi connectivity index (χ4v) is 6.39. The summed E-state index contributed by atoms with van der Waals surface area (Å²) in [5.41, 5.74) is 0.103. The average molecular weight is 669 g/mol. The van der Waals surface area contributed by atoms with Crippen LogP contribution in [-0.2, 0) is 17.8 Å². The van der Waals surface area contributed by atoms with E-state index in [9.17, 15) is 23.2 Å². The number of halogens is 3.